The van der Waals surface area contributed by atoms with Gasteiger partial charge >= 0.3 is 0 Å². The normalized spacial score (nSPS) is 20.1. The van der Waals surface area contributed by atoms with Crippen LogP contribution in [0.1, 0.15) is 6.42 Å². The van der Waals surface area contributed by atoms with Gasteiger partial charge in [0.1, 0.15) is 0 Å². The van der Waals surface area contributed by atoms with Crippen molar-refractivity contribution in [2.24, 2.45) is 5.92 Å². The number of anilines is 1. The van der Waals surface area contributed by atoms with E-state index in [4.69, 9.17) is 11.6 Å². The second kappa shape index (κ2) is 4.90. The van der Waals surface area contributed by atoms with Crippen LogP contribution >= 0.6 is 27.5 Å². The Morgan fingerprint density at radius 2 is 2.06 bits per heavy atom. The van der Waals surface area contributed by atoms with Crippen molar-refractivity contribution in [1.82, 2.24) is 0 Å². The lowest BCUT2D eigenvalue weighted by atomic mass is 10.2. The Balaban J connectivity index is 2.35. The van der Waals surface area contributed by atoms with Crippen LogP contribution in [0.5, 0.6) is 0 Å². The Kier molecular flexibility index (Phi) is 3.68. The molecule has 17 heavy (non-hydrogen) atoms. The molecule has 0 aliphatic carbocycles. The molecule has 0 aromatic heterocycles. The zero-order valence-electron chi connectivity index (χ0n) is 8.72. The third-order valence-electron chi connectivity index (χ3n) is 2.70. The number of benzene rings is 1. The Bertz CT molecular complexity index is 469. The number of hydrogen-bond donors (Lipinski definition) is 0. The van der Waals surface area contributed by atoms with Crippen molar-refractivity contribution in [3.63, 3.8) is 0 Å². The molecule has 1 aliphatic heterocycles. The van der Waals surface area contributed by atoms with Gasteiger partial charge in [0.05, 0.1) is 10.7 Å². The number of carbonyl (C=O) groups is 1. The first kappa shape index (κ1) is 12.8. The maximum absolute atomic E-state index is 13.1. The van der Waals surface area contributed by atoms with E-state index in [2.05, 4.69) is 15.9 Å². The molecule has 1 aromatic carbocycles. The number of alkyl halides is 1. The third kappa shape index (κ3) is 2.45. The van der Waals surface area contributed by atoms with E-state index in [1.165, 1.54) is 4.90 Å². The van der Waals surface area contributed by atoms with Crippen molar-refractivity contribution in [3.8, 4) is 0 Å². The quantitative estimate of drug-likeness (QED) is 0.603. The third-order valence-corrected chi connectivity index (χ3v) is 3.92. The van der Waals surface area contributed by atoms with Gasteiger partial charge in [-0.2, -0.15) is 0 Å². The van der Waals surface area contributed by atoms with Crippen LogP contribution in [0.25, 0.3) is 0 Å². The van der Waals surface area contributed by atoms with E-state index >= 15 is 0 Å². The Labute approximate surface area is 111 Å². The Morgan fingerprint density at radius 1 is 1.41 bits per heavy atom. The summed E-state index contributed by atoms with van der Waals surface area (Å²) in [4.78, 5) is 13.1. The van der Waals surface area contributed by atoms with Gasteiger partial charge in [0.25, 0.3) is 0 Å². The molecule has 2 rings (SSSR count). The van der Waals surface area contributed by atoms with E-state index in [9.17, 15) is 13.6 Å². The summed E-state index contributed by atoms with van der Waals surface area (Å²) < 4.78 is 26.1. The van der Waals surface area contributed by atoms with E-state index in [0.717, 1.165) is 12.1 Å². The minimum atomic E-state index is -1.01. The number of halogens is 4. The zero-order chi connectivity index (χ0) is 12.6. The van der Waals surface area contributed by atoms with Gasteiger partial charge in [-0.3, -0.25) is 4.79 Å². The largest absolute Gasteiger partial charge is 0.310 e. The highest BCUT2D eigenvalue weighted by Gasteiger charge is 2.31. The molecule has 1 atom stereocenters. The van der Waals surface area contributed by atoms with Crippen LogP contribution in [0.4, 0.5) is 14.5 Å². The van der Waals surface area contributed by atoms with Gasteiger partial charge in [0.2, 0.25) is 5.91 Å². The molecule has 1 unspecified atom stereocenters. The molecule has 0 saturated carbocycles. The fourth-order valence-electron chi connectivity index (χ4n) is 1.84. The van der Waals surface area contributed by atoms with Crippen molar-refractivity contribution in [3.05, 3.63) is 28.8 Å². The van der Waals surface area contributed by atoms with Crippen LogP contribution < -0.4 is 4.90 Å². The van der Waals surface area contributed by atoms with Gasteiger partial charge < -0.3 is 4.90 Å². The summed E-state index contributed by atoms with van der Waals surface area (Å²) in [5.74, 6) is -1.96. The highest BCUT2D eigenvalue weighted by Crippen LogP contribution is 2.33. The number of hydrogen-bond acceptors (Lipinski definition) is 1. The summed E-state index contributed by atoms with van der Waals surface area (Å²) in [5, 5.41) is 0.740. The van der Waals surface area contributed by atoms with Crippen LogP contribution in [0.3, 0.4) is 0 Å². The van der Waals surface area contributed by atoms with Crippen molar-refractivity contribution >= 4 is 39.1 Å². The van der Waals surface area contributed by atoms with Gasteiger partial charge in [0.15, 0.2) is 11.6 Å². The average molecular weight is 325 g/mol. The molecule has 1 saturated heterocycles. The fourth-order valence-corrected chi connectivity index (χ4v) is 2.52. The predicted octanol–water partition coefficient (Wildman–Crippen LogP) is 3.37. The van der Waals surface area contributed by atoms with Crippen LogP contribution in [0.2, 0.25) is 5.02 Å². The van der Waals surface area contributed by atoms with Crippen LogP contribution in [-0.2, 0) is 4.79 Å². The van der Waals surface area contributed by atoms with Gasteiger partial charge in [0, 0.05) is 24.4 Å². The smallest absolute Gasteiger partial charge is 0.227 e. The van der Waals surface area contributed by atoms with Gasteiger partial charge in [-0.05, 0) is 12.0 Å². The second-order valence-corrected chi connectivity index (χ2v) is 5.00. The molecule has 1 fully saturated rings. The van der Waals surface area contributed by atoms with Gasteiger partial charge in [-0.1, -0.05) is 27.5 Å². The average Bonchev–Trinajstić information content (AvgIpc) is 2.65. The predicted molar refractivity (Wildman–Crippen MR) is 65.6 cm³/mol. The Morgan fingerprint density at radius 3 is 2.65 bits per heavy atom. The first-order chi connectivity index (χ1) is 8.02. The van der Waals surface area contributed by atoms with E-state index in [0.29, 0.717) is 18.3 Å². The lowest BCUT2D eigenvalue weighted by molar-refractivity contribution is -0.117. The van der Waals surface area contributed by atoms with E-state index in [1.54, 1.807) is 0 Å². The molecule has 1 aliphatic rings. The maximum atomic E-state index is 13.1. The number of rotatable bonds is 2. The molecule has 0 radical (unpaired) electrons. The van der Waals surface area contributed by atoms with Crippen LogP contribution in [-0.4, -0.2) is 17.8 Å². The highest BCUT2D eigenvalue weighted by atomic mass is 79.9. The van der Waals surface area contributed by atoms with Crippen molar-refractivity contribution in [1.29, 1.82) is 0 Å². The lowest BCUT2D eigenvalue weighted by Gasteiger charge is -2.18. The van der Waals surface area contributed by atoms with Gasteiger partial charge in [-0.15, -0.1) is 0 Å². The molecule has 1 heterocycles. The summed E-state index contributed by atoms with van der Waals surface area (Å²) in [6.45, 7) is 0.467. The number of nitrogens with zero attached hydrogens (tertiary/aromatic N) is 1. The summed E-state index contributed by atoms with van der Waals surface area (Å²) in [7, 11) is 0. The fraction of sp³-hybridized carbons (Fsp3) is 0.364. The molecular formula is C11H9BrClF2NO. The second-order valence-electron chi connectivity index (χ2n) is 3.95. The lowest BCUT2D eigenvalue weighted by Crippen LogP contribution is -2.25. The van der Waals surface area contributed by atoms with Crippen molar-refractivity contribution in [2.75, 3.05) is 16.8 Å². The first-order valence-corrected chi connectivity index (χ1v) is 6.53. The van der Waals surface area contributed by atoms with E-state index in [-0.39, 0.29) is 22.5 Å². The molecule has 0 N–H and O–H groups in total. The summed E-state index contributed by atoms with van der Waals surface area (Å²) in [6, 6.07) is 1.85. The first-order valence-electron chi connectivity index (χ1n) is 5.03. The molecule has 2 nitrogen and oxygen atoms in total. The molecule has 0 spiro atoms. The highest BCUT2D eigenvalue weighted by molar-refractivity contribution is 9.09. The molecule has 6 heteroatoms. The monoisotopic (exact) mass is 323 g/mol. The SMILES string of the molecule is O=C1CC(CBr)CN1c1cc(F)c(F)cc1Cl. The standard InChI is InChI=1S/C11H9BrClF2NO/c12-4-6-1-11(17)16(5-6)10-3-9(15)8(14)2-7(10)13/h2-3,6H,1,4-5H2. The molecular weight excluding hydrogens is 315 g/mol. The number of amides is 1. The summed E-state index contributed by atoms with van der Waals surface area (Å²) in [6.07, 6.45) is 0.389. The van der Waals surface area contributed by atoms with E-state index in [1.807, 2.05) is 0 Å². The summed E-state index contributed by atoms with van der Waals surface area (Å²) in [5.41, 5.74) is 0.235. The van der Waals surface area contributed by atoms with Crippen molar-refractivity contribution < 1.29 is 13.6 Å². The molecule has 1 aromatic rings. The van der Waals surface area contributed by atoms with Crippen LogP contribution in [0, 0.1) is 17.6 Å². The zero-order valence-corrected chi connectivity index (χ0v) is 11.1. The minimum absolute atomic E-state index is 0.0486. The van der Waals surface area contributed by atoms with E-state index < -0.39 is 11.6 Å². The molecule has 92 valence electrons. The van der Waals surface area contributed by atoms with Gasteiger partial charge in [-0.25, -0.2) is 8.78 Å². The van der Waals surface area contributed by atoms with Crippen LogP contribution in [0.15, 0.2) is 12.1 Å². The van der Waals surface area contributed by atoms with Crippen molar-refractivity contribution in [2.45, 2.75) is 6.42 Å². The topological polar surface area (TPSA) is 20.3 Å². The minimum Gasteiger partial charge on any atom is -0.310 e. The molecule has 0 bridgehead atoms. The summed E-state index contributed by atoms with van der Waals surface area (Å²) >= 11 is 9.13. The Hall–Kier alpha value is -0.680. The molecule has 1 amide bonds. The maximum Gasteiger partial charge on any atom is 0.227 e. The number of carbonyl (C=O) groups excluding carboxylic acids is 1.